The highest BCUT2D eigenvalue weighted by atomic mass is 79.9. The van der Waals surface area contributed by atoms with Crippen LogP contribution in [0.25, 0.3) is 0 Å². The fraction of sp³-hybridized carbons (Fsp3) is 0.0952. The van der Waals surface area contributed by atoms with Gasteiger partial charge >= 0.3 is 0 Å². The van der Waals surface area contributed by atoms with Crippen molar-refractivity contribution in [3.8, 4) is 0 Å². The zero-order valence-corrected chi connectivity index (χ0v) is 17.8. The van der Waals surface area contributed by atoms with Gasteiger partial charge in [0.2, 0.25) is 0 Å². The molecule has 148 valence electrons. The van der Waals surface area contributed by atoms with Crippen LogP contribution >= 0.6 is 28.1 Å². The first-order valence-corrected chi connectivity index (χ1v) is 9.96. The molecule has 0 fully saturated rings. The first kappa shape index (κ1) is 20.8. The molecule has 1 heterocycles. The molecule has 0 aliphatic rings. The van der Waals surface area contributed by atoms with Crippen molar-refractivity contribution in [3.05, 3.63) is 88.3 Å². The van der Waals surface area contributed by atoms with Gasteiger partial charge < -0.3 is 15.1 Å². The summed E-state index contributed by atoms with van der Waals surface area (Å²) in [5.74, 6) is -0.494. The monoisotopic (exact) mass is 471 g/mol. The Bertz CT molecular complexity index is 1020. The predicted octanol–water partition coefficient (Wildman–Crippen LogP) is 4.66. The maximum Gasteiger partial charge on any atom is 0.293 e. The van der Waals surface area contributed by atoms with Crippen LogP contribution in [0.2, 0.25) is 0 Å². The number of carbonyl (C=O) groups excluding carboxylic acids is 2. The van der Waals surface area contributed by atoms with Gasteiger partial charge in [0, 0.05) is 11.3 Å². The van der Waals surface area contributed by atoms with Crippen LogP contribution in [0.5, 0.6) is 0 Å². The molecule has 6 nitrogen and oxygen atoms in total. The molecular weight excluding hydrogens is 454 g/mol. The molecule has 2 aromatic carbocycles. The van der Waals surface area contributed by atoms with Crippen molar-refractivity contribution in [1.82, 2.24) is 10.6 Å². The molecule has 3 rings (SSSR count). The normalized spacial score (nSPS) is 11.4. The topological polar surface area (TPSA) is 83.4 Å². The van der Waals surface area contributed by atoms with Gasteiger partial charge in [-0.1, -0.05) is 30.3 Å². The second kappa shape index (κ2) is 9.49. The molecule has 0 saturated heterocycles. The molecule has 1 aromatic heterocycles. The lowest BCUT2D eigenvalue weighted by atomic mass is 10.1. The van der Waals surface area contributed by atoms with E-state index < -0.39 is 5.91 Å². The van der Waals surface area contributed by atoms with Crippen LogP contribution < -0.4 is 16.0 Å². The second-order valence-corrected chi connectivity index (χ2v) is 7.39. The molecule has 0 bridgehead atoms. The molecule has 0 spiro atoms. The summed E-state index contributed by atoms with van der Waals surface area (Å²) >= 11 is 8.28. The van der Waals surface area contributed by atoms with Gasteiger partial charge in [-0.15, -0.1) is 0 Å². The summed E-state index contributed by atoms with van der Waals surface area (Å²) in [6.07, 6.45) is 0. The lowest BCUT2D eigenvalue weighted by Gasteiger charge is -2.14. The number of carbonyl (C=O) groups is 2. The summed E-state index contributed by atoms with van der Waals surface area (Å²) in [4.78, 5) is 24.5. The fourth-order valence-electron chi connectivity index (χ4n) is 2.57. The lowest BCUT2D eigenvalue weighted by molar-refractivity contribution is 0.0935. The Hall–Kier alpha value is -2.97. The smallest absolute Gasteiger partial charge is 0.293 e. The Morgan fingerprint density at radius 3 is 2.28 bits per heavy atom. The molecule has 2 amide bonds. The Kier molecular flexibility index (Phi) is 6.79. The van der Waals surface area contributed by atoms with Crippen molar-refractivity contribution >= 4 is 50.8 Å². The van der Waals surface area contributed by atoms with Gasteiger partial charge in [0.05, 0.1) is 6.04 Å². The van der Waals surface area contributed by atoms with E-state index in [0.717, 1.165) is 5.56 Å². The summed E-state index contributed by atoms with van der Waals surface area (Å²) < 4.78 is 5.63. The molecule has 1 unspecified atom stereocenters. The summed E-state index contributed by atoms with van der Waals surface area (Å²) in [6, 6.07) is 19.6. The second-order valence-electron chi connectivity index (χ2n) is 6.20. The molecular formula is C21H18BrN3O3S. The Morgan fingerprint density at radius 2 is 1.66 bits per heavy atom. The van der Waals surface area contributed by atoms with Crippen LogP contribution in [0.3, 0.4) is 0 Å². The average molecular weight is 472 g/mol. The Labute approximate surface area is 181 Å². The first-order valence-electron chi connectivity index (χ1n) is 8.76. The minimum absolute atomic E-state index is 0.106. The number of hydrogen-bond acceptors (Lipinski definition) is 4. The zero-order valence-electron chi connectivity index (χ0n) is 15.4. The van der Waals surface area contributed by atoms with Crippen molar-refractivity contribution in [2.24, 2.45) is 0 Å². The number of anilines is 1. The molecule has 0 aliphatic heterocycles. The van der Waals surface area contributed by atoms with Crippen LogP contribution in [0.4, 0.5) is 5.69 Å². The van der Waals surface area contributed by atoms with Crippen molar-refractivity contribution in [2.75, 3.05) is 5.32 Å². The summed E-state index contributed by atoms with van der Waals surface area (Å²) in [5.41, 5.74) is 2.20. The van der Waals surface area contributed by atoms with Gasteiger partial charge in [-0.25, -0.2) is 0 Å². The largest absolute Gasteiger partial charge is 0.444 e. The number of amides is 2. The maximum absolute atomic E-state index is 12.4. The van der Waals surface area contributed by atoms with E-state index in [0.29, 0.717) is 15.9 Å². The van der Waals surface area contributed by atoms with Gasteiger partial charge in [0.15, 0.2) is 15.5 Å². The number of thiocarbonyl (C=S) groups is 1. The fourth-order valence-corrected chi connectivity index (χ4v) is 3.09. The molecule has 0 radical (unpaired) electrons. The lowest BCUT2D eigenvalue weighted by Crippen LogP contribution is -2.33. The van der Waals surface area contributed by atoms with E-state index in [-0.39, 0.29) is 22.8 Å². The van der Waals surface area contributed by atoms with E-state index in [1.807, 2.05) is 37.3 Å². The van der Waals surface area contributed by atoms with Crippen LogP contribution in [0.1, 0.15) is 39.4 Å². The summed E-state index contributed by atoms with van der Waals surface area (Å²) in [7, 11) is 0. The van der Waals surface area contributed by atoms with E-state index in [1.165, 1.54) is 6.07 Å². The minimum atomic E-state index is -0.459. The number of rotatable bonds is 5. The third-order valence-corrected chi connectivity index (χ3v) is 4.71. The van der Waals surface area contributed by atoms with E-state index >= 15 is 0 Å². The van der Waals surface area contributed by atoms with Gasteiger partial charge in [0.25, 0.3) is 11.8 Å². The molecule has 8 heteroatoms. The van der Waals surface area contributed by atoms with Crippen molar-refractivity contribution in [2.45, 2.75) is 13.0 Å². The highest BCUT2D eigenvalue weighted by Crippen LogP contribution is 2.15. The van der Waals surface area contributed by atoms with E-state index in [9.17, 15) is 9.59 Å². The third kappa shape index (κ3) is 5.75. The zero-order chi connectivity index (χ0) is 20.8. The van der Waals surface area contributed by atoms with Gasteiger partial charge in [-0.2, -0.15) is 0 Å². The van der Waals surface area contributed by atoms with Crippen LogP contribution in [-0.4, -0.2) is 16.9 Å². The van der Waals surface area contributed by atoms with Gasteiger partial charge in [-0.3, -0.25) is 14.9 Å². The highest BCUT2D eigenvalue weighted by Gasteiger charge is 2.13. The van der Waals surface area contributed by atoms with E-state index in [4.69, 9.17) is 16.6 Å². The molecule has 3 aromatic rings. The maximum atomic E-state index is 12.4. The first-order chi connectivity index (χ1) is 13.9. The quantitative estimate of drug-likeness (QED) is 0.471. The van der Waals surface area contributed by atoms with E-state index in [2.05, 4.69) is 31.9 Å². The predicted molar refractivity (Wildman–Crippen MR) is 119 cm³/mol. The SMILES string of the molecule is CC(NC(=O)c1ccc(NC(=S)NC(=O)c2ccc(Br)o2)cc1)c1ccccc1. The number of nitrogens with one attached hydrogen (secondary N) is 3. The van der Waals surface area contributed by atoms with Crippen molar-refractivity contribution in [3.63, 3.8) is 0 Å². The third-order valence-electron chi connectivity index (χ3n) is 4.08. The average Bonchev–Trinajstić information content (AvgIpc) is 3.15. The Morgan fingerprint density at radius 1 is 0.966 bits per heavy atom. The number of halogens is 1. The number of furan rings is 1. The minimum Gasteiger partial charge on any atom is -0.444 e. The van der Waals surface area contributed by atoms with Crippen LogP contribution in [0.15, 0.2) is 75.8 Å². The molecule has 29 heavy (non-hydrogen) atoms. The van der Waals surface area contributed by atoms with Gasteiger partial charge in [0.1, 0.15) is 0 Å². The molecule has 0 saturated carbocycles. The molecule has 1 atom stereocenters. The van der Waals surface area contributed by atoms with Crippen LogP contribution in [0, 0.1) is 0 Å². The Balaban J connectivity index is 1.54. The van der Waals surface area contributed by atoms with Crippen molar-refractivity contribution in [1.29, 1.82) is 0 Å². The highest BCUT2D eigenvalue weighted by molar-refractivity contribution is 9.10. The standard InChI is InChI=1S/C21H18BrN3O3S/c1-13(14-5-3-2-4-6-14)23-19(26)15-7-9-16(10-8-15)24-21(29)25-20(27)17-11-12-18(22)28-17/h2-13H,1H3,(H,23,26)(H2,24,25,27,29). The summed E-state index contributed by atoms with van der Waals surface area (Å²) in [6.45, 7) is 1.93. The van der Waals surface area contributed by atoms with Crippen LogP contribution in [-0.2, 0) is 0 Å². The number of hydrogen-bond donors (Lipinski definition) is 3. The summed E-state index contributed by atoms with van der Waals surface area (Å²) in [5, 5.41) is 8.51. The number of benzene rings is 2. The molecule has 3 N–H and O–H groups in total. The molecule has 0 aliphatic carbocycles. The van der Waals surface area contributed by atoms with Crippen molar-refractivity contribution < 1.29 is 14.0 Å². The van der Waals surface area contributed by atoms with Gasteiger partial charge in [-0.05, 0) is 77.0 Å². The van der Waals surface area contributed by atoms with E-state index in [1.54, 1.807) is 30.3 Å².